The summed E-state index contributed by atoms with van der Waals surface area (Å²) in [7, 11) is 0. The van der Waals surface area contributed by atoms with E-state index in [1.54, 1.807) is 21.7 Å². The third-order valence-electron chi connectivity index (χ3n) is 6.93. The Morgan fingerprint density at radius 2 is 1.77 bits per heavy atom. The molecule has 31 heavy (non-hydrogen) atoms. The zero-order valence-electron chi connectivity index (χ0n) is 17.9. The van der Waals surface area contributed by atoms with Crippen LogP contribution in [0, 0.1) is 0 Å². The van der Waals surface area contributed by atoms with Crippen LogP contribution in [0.25, 0.3) is 0 Å². The predicted molar refractivity (Wildman–Crippen MR) is 121 cm³/mol. The maximum Gasteiger partial charge on any atom is 0.277 e. The number of nitrogens with zero attached hydrogens (tertiary/aromatic N) is 3. The number of carbonyl (C=O) groups excluding carboxylic acids is 2. The van der Waals surface area contributed by atoms with Gasteiger partial charge in [-0.3, -0.25) is 19.2 Å². The van der Waals surface area contributed by atoms with Gasteiger partial charge in [-0.25, -0.2) is 0 Å². The van der Waals surface area contributed by atoms with E-state index in [2.05, 4.69) is 5.32 Å². The van der Waals surface area contributed by atoms with E-state index < -0.39 is 5.54 Å². The zero-order chi connectivity index (χ0) is 21.6. The van der Waals surface area contributed by atoms with Crippen LogP contribution in [-0.4, -0.2) is 33.2 Å². The van der Waals surface area contributed by atoms with Crippen molar-refractivity contribution in [3.05, 3.63) is 46.7 Å². The average molecular weight is 441 g/mol. The molecule has 2 saturated carbocycles. The van der Waals surface area contributed by atoms with Crippen LogP contribution in [0.5, 0.6) is 0 Å². The summed E-state index contributed by atoms with van der Waals surface area (Å²) in [5.41, 5.74) is 1.12. The quantitative estimate of drug-likeness (QED) is 0.702. The van der Waals surface area contributed by atoms with Crippen molar-refractivity contribution in [1.29, 1.82) is 0 Å². The SMILES string of the molecule is CC1(C(=O)NC2CCCCCC2)Cn2nc(C3CC3)cc2C(=O)N1c1ccc(Cl)cc1. The van der Waals surface area contributed by atoms with Gasteiger partial charge in [0.05, 0.1) is 12.2 Å². The minimum Gasteiger partial charge on any atom is -0.351 e. The first-order valence-electron chi connectivity index (χ1n) is 11.4. The van der Waals surface area contributed by atoms with Crippen molar-refractivity contribution >= 4 is 29.1 Å². The van der Waals surface area contributed by atoms with Crippen molar-refractivity contribution < 1.29 is 9.59 Å². The van der Waals surface area contributed by atoms with Crippen molar-refractivity contribution in [2.75, 3.05) is 4.90 Å². The molecule has 1 atom stereocenters. The molecular weight excluding hydrogens is 412 g/mol. The maximum atomic E-state index is 13.7. The van der Waals surface area contributed by atoms with E-state index in [4.69, 9.17) is 16.7 Å². The van der Waals surface area contributed by atoms with Crippen molar-refractivity contribution in [3.8, 4) is 0 Å². The summed E-state index contributed by atoms with van der Waals surface area (Å²) < 4.78 is 1.75. The van der Waals surface area contributed by atoms with Gasteiger partial charge in [0.25, 0.3) is 5.91 Å². The predicted octanol–water partition coefficient (Wildman–Crippen LogP) is 4.67. The van der Waals surface area contributed by atoms with Gasteiger partial charge in [0.15, 0.2) is 0 Å². The van der Waals surface area contributed by atoms with Gasteiger partial charge in [-0.2, -0.15) is 5.10 Å². The lowest BCUT2D eigenvalue weighted by atomic mass is 9.93. The maximum absolute atomic E-state index is 13.7. The number of halogens is 1. The number of rotatable bonds is 4. The summed E-state index contributed by atoms with van der Waals surface area (Å²) in [6.45, 7) is 2.19. The van der Waals surface area contributed by atoms with Crippen LogP contribution in [0.3, 0.4) is 0 Å². The summed E-state index contributed by atoms with van der Waals surface area (Å²) in [5.74, 6) is 0.143. The number of amides is 2. The molecule has 2 amide bonds. The van der Waals surface area contributed by atoms with Crippen LogP contribution in [-0.2, 0) is 11.3 Å². The number of fused-ring (bicyclic) bond motifs is 1. The highest BCUT2D eigenvalue weighted by Gasteiger charge is 2.49. The Kier molecular flexibility index (Phi) is 5.29. The second kappa shape index (κ2) is 7.97. The second-order valence-corrected chi connectivity index (χ2v) is 9.88. The highest BCUT2D eigenvalue weighted by molar-refractivity contribution is 6.30. The lowest BCUT2D eigenvalue weighted by Gasteiger charge is -2.43. The second-order valence-electron chi connectivity index (χ2n) is 9.44. The molecule has 2 aromatic rings. The Hall–Kier alpha value is -2.34. The Morgan fingerprint density at radius 1 is 1.10 bits per heavy atom. The van der Waals surface area contributed by atoms with Crippen LogP contribution in [0.15, 0.2) is 30.3 Å². The molecule has 3 aliphatic rings. The van der Waals surface area contributed by atoms with Crippen LogP contribution >= 0.6 is 11.6 Å². The molecule has 0 spiro atoms. The zero-order valence-corrected chi connectivity index (χ0v) is 18.7. The average Bonchev–Trinajstić information content (AvgIpc) is 3.55. The molecule has 1 unspecified atom stereocenters. The Labute approximate surface area is 187 Å². The summed E-state index contributed by atoms with van der Waals surface area (Å²) in [6.07, 6.45) is 8.94. The first-order valence-corrected chi connectivity index (χ1v) is 11.8. The van der Waals surface area contributed by atoms with E-state index in [1.807, 2.05) is 25.1 Å². The van der Waals surface area contributed by atoms with Gasteiger partial charge in [0.2, 0.25) is 5.91 Å². The third kappa shape index (κ3) is 3.86. The lowest BCUT2D eigenvalue weighted by Crippen LogP contribution is -2.65. The summed E-state index contributed by atoms with van der Waals surface area (Å²) in [4.78, 5) is 29.0. The van der Waals surface area contributed by atoms with Crippen LogP contribution in [0.1, 0.15) is 80.4 Å². The minimum absolute atomic E-state index is 0.114. The normalized spacial score (nSPS) is 24.6. The molecule has 7 heteroatoms. The molecule has 164 valence electrons. The fourth-order valence-corrected chi connectivity index (χ4v) is 5.07. The number of hydrogen-bond acceptors (Lipinski definition) is 3. The monoisotopic (exact) mass is 440 g/mol. The largest absolute Gasteiger partial charge is 0.351 e. The molecule has 0 radical (unpaired) electrons. The topological polar surface area (TPSA) is 67.2 Å². The number of hydrogen-bond donors (Lipinski definition) is 1. The van der Waals surface area contributed by atoms with E-state index in [1.165, 1.54) is 12.8 Å². The number of benzene rings is 1. The van der Waals surface area contributed by atoms with Crippen molar-refractivity contribution in [2.24, 2.45) is 0 Å². The number of anilines is 1. The van der Waals surface area contributed by atoms with E-state index in [9.17, 15) is 9.59 Å². The summed E-state index contributed by atoms with van der Waals surface area (Å²) in [5, 5.41) is 8.58. The van der Waals surface area contributed by atoms with Gasteiger partial charge in [-0.05, 0) is 62.9 Å². The van der Waals surface area contributed by atoms with Crippen LogP contribution in [0.2, 0.25) is 5.02 Å². The van der Waals surface area contributed by atoms with E-state index in [0.717, 1.165) is 44.2 Å². The van der Waals surface area contributed by atoms with Crippen molar-refractivity contribution in [1.82, 2.24) is 15.1 Å². The fourth-order valence-electron chi connectivity index (χ4n) is 4.94. The Morgan fingerprint density at radius 3 is 2.42 bits per heavy atom. The molecule has 5 rings (SSSR count). The van der Waals surface area contributed by atoms with Gasteiger partial charge in [-0.15, -0.1) is 0 Å². The summed E-state index contributed by atoms with van der Waals surface area (Å²) in [6, 6.07) is 9.21. The van der Waals surface area contributed by atoms with E-state index in [-0.39, 0.29) is 17.9 Å². The molecule has 1 aliphatic heterocycles. The molecular formula is C24H29ClN4O2. The highest BCUT2D eigenvalue weighted by atomic mass is 35.5. The molecule has 6 nitrogen and oxygen atoms in total. The first kappa shape index (κ1) is 20.6. The van der Waals surface area contributed by atoms with Gasteiger partial charge >= 0.3 is 0 Å². The van der Waals surface area contributed by atoms with Gasteiger partial charge < -0.3 is 5.32 Å². The van der Waals surface area contributed by atoms with Crippen molar-refractivity contribution in [3.63, 3.8) is 0 Å². The van der Waals surface area contributed by atoms with Gasteiger partial charge in [0.1, 0.15) is 11.2 Å². The van der Waals surface area contributed by atoms with E-state index in [0.29, 0.717) is 28.9 Å². The molecule has 2 heterocycles. The molecule has 0 saturated heterocycles. The molecule has 2 aliphatic carbocycles. The number of carbonyl (C=O) groups is 2. The van der Waals surface area contributed by atoms with Gasteiger partial charge in [0, 0.05) is 22.7 Å². The molecule has 0 bridgehead atoms. The summed E-state index contributed by atoms with van der Waals surface area (Å²) >= 11 is 6.09. The molecule has 1 aromatic carbocycles. The number of nitrogens with one attached hydrogen (secondary N) is 1. The standard InChI is InChI=1S/C24H29ClN4O2/c1-24(23(31)26-18-6-4-2-3-5-7-18)15-28-21(14-20(27-28)16-8-9-16)22(30)29(24)19-12-10-17(25)11-13-19/h10-14,16,18H,2-9,15H2,1H3,(H,26,31). The lowest BCUT2D eigenvalue weighted by molar-refractivity contribution is -0.127. The Bertz CT molecular complexity index is 990. The third-order valence-corrected chi connectivity index (χ3v) is 7.18. The molecule has 1 N–H and O–H groups in total. The molecule has 2 fully saturated rings. The smallest absolute Gasteiger partial charge is 0.277 e. The first-order chi connectivity index (χ1) is 15.0. The number of aromatic nitrogens is 2. The Balaban J connectivity index is 1.51. The van der Waals surface area contributed by atoms with Gasteiger partial charge in [-0.1, -0.05) is 37.3 Å². The fraction of sp³-hybridized carbons (Fsp3) is 0.542. The minimum atomic E-state index is -1.07. The molecule has 1 aromatic heterocycles. The highest BCUT2D eigenvalue weighted by Crippen LogP contribution is 2.41. The van der Waals surface area contributed by atoms with Crippen LogP contribution in [0.4, 0.5) is 5.69 Å². The van der Waals surface area contributed by atoms with Crippen molar-refractivity contribution in [2.45, 2.75) is 82.3 Å². The van der Waals surface area contributed by atoms with E-state index >= 15 is 0 Å². The van der Waals surface area contributed by atoms with Crippen LogP contribution < -0.4 is 10.2 Å².